The van der Waals surface area contributed by atoms with E-state index in [9.17, 15) is 9.90 Å². The van der Waals surface area contributed by atoms with E-state index >= 15 is 0 Å². The fourth-order valence-electron chi connectivity index (χ4n) is 3.95. The number of pyridine rings is 1. The van der Waals surface area contributed by atoms with E-state index in [2.05, 4.69) is 37.6 Å². The SMILES string of the molecule is CCOCCN(CCCCc1ccc2c(n1)NCCC2)CCC(Nc1ccncn1)C(=O)O. The Morgan fingerprint density at radius 1 is 1.27 bits per heavy atom. The number of nitrogens with zero attached hydrogens (tertiary/aromatic N) is 4. The van der Waals surface area contributed by atoms with Gasteiger partial charge in [0.05, 0.1) is 6.61 Å². The third kappa shape index (κ3) is 8.58. The predicted octanol–water partition coefficient (Wildman–Crippen LogP) is 2.85. The minimum absolute atomic E-state index is 0.476. The number of nitrogens with one attached hydrogen (secondary N) is 2. The molecule has 3 rings (SSSR count). The van der Waals surface area contributed by atoms with Crippen LogP contribution in [-0.2, 0) is 22.4 Å². The molecule has 2 aromatic heterocycles. The molecular formula is C24H36N6O3. The Kier molecular flexibility index (Phi) is 10.3. The zero-order valence-corrected chi connectivity index (χ0v) is 19.5. The topological polar surface area (TPSA) is 113 Å². The average molecular weight is 457 g/mol. The van der Waals surface area contributed by atoms with Crippen molar-refractivity contribution in [2.75, 3.05) is 50.0 Å². The summed E-state index contributed by atoms with van der Waals surface area (Å²) in [4.78, 5) is 26.7. The second-order valence-corrected chi connectivity index (χ2v) is 8.25. The summed E-state index contributed by atoms with van der Waals surface area (Å²) in [6.45, 7) is 6.66. The minimum atomic E-state index is -0.884. The zero-order chi connectivity index (χ0) is 23.3. The van der Waals surface area contributed by atoms with E-state index in [1.54, 1.807) is 12.3 Å². The number of carboxylic acids is 1. The van der Waals surface area contributed by atoms with E-state index in [4.69, 9.17) is 9.72 Å². The Balaban J connectivity index is 1.46. The molecule has 0 aliphatic carbocycles. The summed E-state index contributed by atoms with van der Waals surface area (Å²) in [5.41, 5.74) is 2.44. The highest BCUT2D eigenvalue weighted by Gasteiger charge is 2.19. The second-order valence-electron chi connectivity index (χ2n) is 8.25. The van der Waals surface area contributed by atoms with Crippen molar-refractivity contribution in [3.63, 3.8) is 0 Å². The van der Waals surface area contributed by atoms with Crippen molar-refractivity contribution in [3.8, 4) is 0 Å². The van der Waals surface area contributed by atoms with Crippen molar-refractivity contribution >= 4 is 17.6 Å². The van der Waals surface area contributed by atoms with Crippen LogP contribution in [0.4, 0.5) is 11.6 Å². The molecule has 0 fully saturated rings. The molecule has 0 bridgehead atoms. The van der Waals surface area contributed by atoms with E-state index in [0.717, 1.165) is 56.8 Å². The molecule has 9 heteroatoms. The molecule has 3 heterocycles. The van der Waals surface area contributed by atoms with Gasteiger partial charge in [-0.25, -0.2) is 19.7 Å². The summed E-state index contributed by atoms with van der Waals surface area (Å²) in [5, 5.41) is 16.0. The Morgan fingerprint density at radius 3 is 2.97 bits per heavy atom. The third-order valence-electron chi connectivity index (χ3n) is 5.80. The molecule has 3 N–H and O–H groups in total. The summed E-state index contributed by atoms with van der Waals surface area (Å²) < 4.78 is 5.53. The lowest BCUT2D eigenvalue weighted by atomic mass is 10.1. The van der Waals surface area contributed by atoms with Crippen molar-refractivity contribution in [2.24, 2.45) is 0 Å². The number of aromatic nitrogens is 3. The number of carbonyl (C=O) groups is 1. The van der Waals surface area contributed by atoms with E-state index in [0.29, 0.717) is 32.0 Å². The summed E-state index contributed by atoms with van der Waals surface area (Å²) in [5.74, 6) is 0.684. The second kappa shape index (κ2) is 13.7. The van der Waals surface area contributed by atoms with Crippen LogP contribution in [-0.4, -0.2) is 76.4 Å². The van der Waals surface area contributed by atoms with Crippen LogP contribution >= 0.6 is 0 Å². The molecule has 180 valence electrons. The highest BCUT2D eigenvalue weighted by molar-refractivity contribution is 5.76. The van der Waals surface area contributed by atoms with Crippen LogP contribution in [0.15, 0.2) is 30.7 Å². The summed E-state index contributed by atoms with van der Waals surface area (Å²) >= 11 is 0. The molecule has 0 aromatic carbocycles. The molecule has 1 aliphatic rings. The van der Waals surface area contributed by atoms with Crippen LogP contribution in [0.2, 0.25) is 0 Å². The minimum Gasteiger partial charge on any atom is -0.480 e. The summed E-state index contributed by atoms with van der Waals surface area (Å²) in [6, 6.07) is 5.32. The Hall–Kier alpha value is -2.78. The van der Waals surface area contributed by atoms with Gasteiger partial charge in [-0.1, -0.05) is 6.07 Å². The Morgan fingerprint density at radius 2 is 2.18 bits per heavy atom. The maximum absolute atomic E-state index is 11.7. The number of aliphatic carboxylic acids is 1. The molecule has 0 saturated heterocycles. The van der Waals surface area contributed by atoms with Crippen LogP contribution < -0.4 is 10.6 Å². The number of anilines is 2. The van der Waals surface area contributed by atoms with E-state index < -0.39 is 12.0 Å². The van der Waals surface area contributed by atoms with E-state index in [1.807, 2.05) is 6.92 Å². The van der Waals surface area contributed by atoms with Gasteiger partial charge in [0.2, 0.25) is 0 Å². The number of ether oxygens (including phenoxy) is 1. The lowest BCUT2D eigenvalue weighted by Gasteiger charge is -2.24. The largest absolute Gasteiger partial charge is 0.480 e. The molecule has 33 heavy (non-hydrogen) atoms. The van der Waals surface area contributed by atoms with Gasteiger partial charge in [0.25, 0.3) is 0 Å². The fraction of sp³-hybridized carbons (Fsp3) is 0.583. The van der Waals surface area contributed by atoms with Crippen molar-refractivity contribution in [3.05, 3.63) is 42.0 Å². The summed E-state index contributed by atoms with van der Waals surface area (Å²) in [6.07, 6.45) is 8.76. The number of carboxylic acid groups (broad SMARTS) is 1. The number of rotatable bonds is 15. The molecule has 0 spiro atoms. The van der Waals surface area contributed by atoms with Gasteiger partial charge in [-0.3, -0.25) is 0 Å². The Labute approximate surface area is 196 Å². The van der Waals surface area contributed by atoms with Crippen molar-refractivity contribution in [2.45, 2.75) is 51.5 Å². The van der Waals surface area contributed by atoms with E-state index in [1.165, 1.54) is 18.3 Å². The van der Waals surface area contributed by atoms with Crippen LogP contribution in [0.5, 0.6) is 0 Å². The first kappa shape index (κ1) is 24.9. The molecule has 1 atom stereocenters. The van der Waals surface area contributed by atoms with Gasteiger partial charge < -0.3 is 25.4 Å². The summed E-state index contributed by atoms with van der Waals surface area (Å²) in [7, 11) is 0. The number of unbranched alkanes of at least 4 members (excludes halogenated alkanes) is 1. The number of aryl methyl sites for hydroxylation is 2. The van der Waals surface area contributed by atoms with Crippen LogP contribution in [0.25, 0.3) is 0 Å². The van der Waals surface area contributed by atoms with Crippen LogP contribution in [0.3, 0.4) is 0 Å². The lowest BCUT2D eigenvalue weighted by Crippen LogP contribution is -2.37. The van der Waals surface area contributed by atoms with E-state index in [-0.39, 0.29) is 0 Å². The molecule has 2 aromatic rings. The molecule has 0 saturated carbocycles. The van der Waals surface area contributed by atoms with Crippen LogP contribution in [0.1, 0.15) is 43.9 Å². The number of hydrogen-bond acceptors (Lipinski definition) is 8. The smallest absolute Gasteiger partial charge is 0.326 e. The van der Waals surface area contributed by atoms with Crippen LogP contribution in [0, 0.1) is 0 Å². The van der Waals surface area contributed by atoms with Gasteiger partial charge in [-0.05, 0) is 69.7 Å². The molecule has 0 amide bonds. The van der Waals surface area contributed by atoms with Crippen molar-refractivity contribution in [1.29, 1.82) is 0 Å². The first-order valence-electron chi connectivity index (χ1n) is 11.9. The van der Waals surface area contributed by atoms with Gasteiger partial charge in [-0.15, -0.1) is 0 Å². The monoisotopic (exact) mass is 456 g/mol. The number of hydrogen-bond donors (Lipinski definition) is 3. The fourth-order valence-corrected chi connectivity index (χ4v) is 3.95. The van der Waals surface area contributed by atoms with Gasteiger partial charge in [0.1, 0.15) is 24.0 Å². The molecule has 9 nitrogen and oxygen atoms in total. The van der Waals surface area contributed by atoms with Gasteiger partial charge in [-0.2, -0.15) is 0 Å². The van der Waals surface area contributed by atoms with Crippen molar-refractivity contribution < 1.29 is 14.6 Å². The average Bonchev–Trinajstić information content (AvgIpc) is 2.84. The normalized spacial score (nSPS) is 13.9. The Bertz CT molecular complexity index is 851. The first-order chi connectivity index (χ1) is 16.2. The lowest BCUT2D eigenvalue weighted by molar-refractivity contribution is -0.138. The van der Waals surface area contributed by atoms with Gasteiger partial charge in [0.15, 0.2) is 0 Å². The van der Waals surface area contributed by atoms with Crippen molar-refractivity contribution in [1.82, 2.24) is 19.9 Å². The highest BCUT2D eigenvalue weighted by Crippen LogP contribution is 2.20. The maximum atomic E-state index is 11.7. The maximum Gasteiger partial charge on any atom is 0.326 e. The molecule has 0 radical (unpaired) electrons. The first-order valence-corrected chi connectivity index (χ1v) is 11.9. The van der Waals surface area contributed by atoms with Gasteiger partial charge in [0, 0.05) is 38.1 Å². The number of fused-ring (bicyclic) bond motifs is 1. The van der Waals surface area contributed by atoms with Gasteiger partial charge >= 0.3 is 5.97 Å². The molecule has 1 unspecified atom stereocenters. The third-order valence-corrected chi connectivity index (χ3v) is 5.80. The predicted molar refractivity (Wildman–Crippen MR) is 129 cm³/mol. The molecular weight excluding hydrogens is 420 g/mol. The standard InChI is InChI=1S/C24H36N6O3/c1-2-33-17-16-30(15-11-21(24(31)32)29-22-10-13-25-18-27-22)14-4-3-7-20-9-8-19-6-5-12-26-23(19)28-20/h8-10,13,18,21H,2-7,11-12,14-17H2,1H3,(H,26,28)(H,31,32)(H,25,27,29). The molecule has 1 aliphatic heterocycles. The zero-order valence-electron chi connectivity index (χ0n) is 19.5. The highest BCUT2D eigenvalue weighted by atomic mass is 16.5. The quantitative estimate of drug-likeness (QED) is 0.348.